The predicted octanol–water partition coefficient (Wildman–Crippen LogP) is 2.30. The van der Waals surface area contributed by atoms with Crippen molar-refractivity contribution in [3.05, 3.63) is 35.4 Å². The summed E-state index contributed by atoms with van der Waals surface area (Å²) in [6, 6.07) is 8.63. The molecule has 1 aromatic carbocycles. The predicted molar refractivity (Wildman–Crippen MR) is 66.5 cm³/mol. The molecule has 0 atom stereocenters. The molecule has 2 rings (SSSR count). The van der Waals surface area contributed by atoms with Crippen molar-refractivity contribution in [1.82, 2.24) is 0 Å². The van der Waals surface area contributed by atoms with E-state index < -0.39 is 0 Å². The van der Waals surface area contributed by atoms with E-state index in [9.17, 15) is 0 Å². The van der Waals surface area contributed by atoms with Gasteiger partial charge in [0.25, 0.3) is 0 Å². The molecule has 16 heavy (non-hydrogen) atoms. The molecule has 0 saturated carbocycles. The van der Waals surface area contributed by atoms with Crippen molar-refractivity contribution in [2.45, 2.75) is 37.6 Å². The number of nitrogens with two attached hydrogens (primary N) is 1. The van der Waals surface area contributed by atoms with Gasteiger partial charge in [0.2, 0.25) is 0 Å². The highest BCUT2D eigenvalue weighted by Gasteiger charge is 2.32. The SMILES string of the molecule is COCCCCC1(N)Cc2ccccc2C1. The molecule has 0 heterocycles. The first kappa shape index (κ1) is 11.6. The van der Waals surface area contributed by atoms with Crippen LogP contribution in [0.25, 0.3) is 0 Å². The van der Waals surface area contributed by atoms with Crippen LogP contribution in [0.15, 0.2) is 24.3 Å². The summed E-state index contributed by atoms with van der Waals surface area (Å²) in [4.78, 5) is 0. The molecule has 0 saturated heterocycles. The van der Waals surface area contributed by atoms with Crippen molar-refractivity contribution in [3.8, 4) is 0 Å². The fraction of sp³-hybridized carbons (Fsp3) is 0.571. The van der Waals surface area contributed by atoms with Crippen LogP contribution in [-0.4, -0.2) is 19.3 Å². The Morgan fingerprint density at radius 2 is 1.81 bits per heavy atom. The van der Waals surface area contributed by atoms with Gasteiger partial charge in [-0.15, -0.1) is 0 Å². The van der Waals surface area contributed by atoms with Gasteiger partial charge in [0, 0.05) is 19.3 Å². The number of hydrogen-bond acceptors (Lipinski definition) is 2. The molecule has 1 aromatic rings. The van der Waals surface area contributed by atoms with E-state index in [2.05, 4.69) is 24.3 Å². The molecule has 0 bridgehead atoms. The van der Waals surface area contributed by atoms with Gasteiger partial charge in [-0.2, -0.15) is 0 Å². The fourth-order valence-corrected chi connectivity index (χ4v) is 2.62. The normalized spacial score (nSPS) is 17.4. The molecule has 0 aromatic heterocycles. The standard InChI is InChI=1S/C14H21NO/c1-16-9-5-4-8-14(15)10-12-6-2-3-7-13(12)11-14/h2-3,6-7H,4-5,8-11,15H2,1H3. The number of ether oxygens (including phenoxy) is 1. The van der Waals surface area contributed by atoms with Gasteiger partial charge in [-0.3, -0.25) is 0 Å². The lowest BCUT2D eigenvalue weighted by atomic mass is 9.91. The first-order valence-electron chi connectivity index (χ1n) is 6.08. The minimum absolute atomic E-state index is 0.00255. The summed E-state index contributed by atoms with van der Waals surface area (Å²) in [7, 11) is 1.75. The van der Waals surface area contributed by atoms with E-state index >= 15 is 0 Å². The van der Waals surface area contributed by atoms with Crippen molar-refractivity contribution in [2.24, 2.45) is 5.73 Å². The van der Waals surface area contributed by atoms with Gasteiger partial charge in [-0.25, -0.2) is 0 Å². The second-order valence-corrected chi connectivity index (χ2v) is 4.93. The maximum atomic E-state index is 6.45. The highest BCUT2D eigenvalue weighted by Crippen LogP contribution is 2.31. The third-order valence-electron chi connectivity index (χ3n) is 3.48. The van der Waals surface area contributed by atoms with Gasteiger partial charge in [-0.05, 0) is 43.2 Å². The summed E-state index contributed by atoms with van der Waals surface area (Å²) in [6.07, 6.45) is 5.46. The quantitative estimate of drug-likeness (QED) is 0.771. The van der Waals surface area contributed by atoms with E-state index in [0.717, 1.165) is 32.3 Å². The first-order chi connectivity index (χ1) is 7.73. The Hall–Kier alpha value is -0.860. The molecule has 2 nitrogen and oxygen atoms in total. The van der Waals surface area contributed by atoms with Crippen LogP contribution in [0.1, 0.15) is 30.4 Å². The van der Waals surface area contributed by atoms with Crippen LogP contribution in [0.2, 0.25) is 0 Å². The second kappa shape index (κ2) is 4.98. The van der Waals surface area contributed by atoms with Crippen LogP contribution in [-0.2, 0) is 17.6 Å². The average molecular weight is 219 g/mol. The Kier molecular flexibility index (Phi) is 3.62. The van der Waals surface area contributed by atoms with E-state index in [4.69, 9.17) is 10.5 Å². The van der Waals surface area contributed by atoms with Crippen LogP contribution >= 0.6 is 0 Å². The number of hydrogen-bond donors (Lipinski definition) is 1. The lowest BCUT2D eigenvalue weighted by Crippen LogP contribution is -2.40. The van der Waals surface area contributed by atoms with Crippen LogP contribution in [0.3, 0.4) is 0 Å². The zero-order valence-corrected chi connectivity index (χ0v) is 10.0. The van der Waals surface area contributed by atoms with Gasteiger partial charge in [0.1, 0.15) is 0 Å². The Morgan fingerprint density at radius 1 is 1.19 bits per heavy atom. The number of benzene rings is 1. The van der Waals surface area contributed by atoms with Gasteiger partial charge in [0.05, 0.1) is 0 Å². The van der Waals surface area contributed by atoms with Gasteiger partial charge >= 0.3 is 0 Å². The van der Waals surface area contributed by atoms with Gasteiger partial charge in [0.15, 0.2) is 0 Å². The monoisotopic (exact) mass is 219 g/mol. The molecule has 0 spiro atoms. The third-order valence-corrected chi connectivity index (χ3v) is 3.48. The van der Waals surface area contributed by atoms with Gasteiger partial charge < -0.3 is 10.5 Å². The summed E-state index contributed by atoms with van der Waals surface area (Å²) in [5, 5.41) is 0. The molecule has 88 valence electrons. The number of fused-ring (bicyclic) bond motifs is 1. The van der Waals surface area contributed by atoms with Crippen LogP contribution < -0.4 is 5.73 Å². The third kappa shape index (κ3) is 2.63. The maximum absolute atomic E-state index is 6.45. The molecule has 2 N–H and O–H groups in total. The smallest absolute Gasteiger partial charge is 0.0462 e. The van der Waals surface area contributed by atoms with Crippen molar-refractivity contribution in [3.63, 3.8) is 0 Å². The van der Waals surface area contributed by atoms with Crippen molar-refractivity contribution in [2.75, 3.05) is 13.7 Å². The zero-order valence-electron chi connectivity index (χ0n) is 10.0. The minimum Gasteiger partial charge on any atom is -0.385 e. The lowest BCUT2D eigenvalue weighted by Gasteiger charge is -2.23. The van der Waals surface area contributed by atoms with Gasteiger partial charge in [-0.1, -0.05) is 24.3 Å². The topological polar surface area (TPSA) is 35.2 Å². The number of methoxy groups -OCH3 is 1. The minimum atomic E-state index is -0.00255. The van der Waals surface area contributed by atoms with E-state index in [1.807, 2.05) is 0 Å². The molecular formula is C14H21NO. The Morgan fingerprint density at radius 3 is 2.38 bits per heavy atom. The van der Waals surface area contributed by atoms with E-state index in [1.54, 1.807) is 7.11 Å². The molecule has 1 aliphatic rings. The number of rotatable bonds is 5. The highest BCUT2D eigenvalue weighted by molar-refractivity contribution is 5.35. The van der Waals surface area contributed by atoms with Crippen molar-refractivity contribution >= 4 is 0 Å². The van der Waals surface area contributed by atoms with Crippen molar-refractivity contribution in [1.29, 1.82) is 0 Å². The molecule has 0 amide bonds. The van der Waals surface area contributed by atoms with Crippen LogP contribution in [0.4, 0.5) is 0 Å². The average Bonchev–Trinajstić information content (AvgIpc) is 2.61. The summed E-state index contributed by atoms with van der Waals surface area (Å²) < 4.78 is 5.06. The second-order valence-electron chi connectivity index (χ2n) is 4.93. The summed E-state index contributed by atoms with van der Waals surface area (Å²) in [5.41, 5.74) is 9.33. The molecule has 1 aliphatic carbocycles. The van der Waals surface area contributed by atoms with E-state index in [0.29, 0.717) is 0 Å². The maximum Gasteiger partial charge on any atom is 0.0462 e. The first-order valence-corrected chi connectivity index (χ1v) is 6.08. The molecule has 0 fully saturated rings. The summed E-state index contributed by atoms with van der Waals surface area (Å²) in [6.45, 7) is 0.850. The highest BCUT2D eigenvalue weighted by atomic mass is 16.5. The van der Waals surface area contributed by atoms with E-state index in [1.165, 1.54) is 17.5 Å². The van der Waals surface area contributed by atoms with Crippen LogP contribution in [0, 0.1) is 0 Å². The Labute approximate surface area is 97.8 Å². The van der Waals surface area contributed by atoms with Crippen LogP contribution in [0.5, 0.6) is 0 Å². The largest absolute Gasteiger partial charge is 0.385 e. The molecule has 2 heteroatoms. The Balaban J connectivity index is 1.88. The Bertz CT molecular complexity index is 323. The number of unbranched alkanes of at least 4 members (excludes halogenated alkanes) is 1. The zero-order chi connectivity index (χ0) is 11.4. The summed E-state index contributed by atoms with van der Waals surface area (Å²) in [5.74, 6) is 0. The fourth-order valence-electron chi connectivity index (χ4n) is 2.62. The molecular weight excluding hydrogens is 198 g/mol. The molecule has 0 aliphatic heterocycles. The van der Waals surface area contributed by atoms with Crippen molar-refractivity contribution < 1.29 is 4.74 Å². The molecule has 0 radical (unpaired) electrons. The van der Waals surface area contributed by atoms with E-state index in [-0.39, 0.29) is 5.54 Å². The molecule has 0 unspecified atom stereocenters. The summed E-state index contributed by atoms with van der Waals surface area (Å²) >= 11 is 0. The lowest BCUT2D eigenvalue weighted by molar-refractivity contribution is 0.189.